The van der Waals surface area contributed by atoms with Gasteiger partial charge >= 0.3 is 5.97 Å². The minimum Gasteiger partial charge on any atom is -0.481 e. The third-order valence-electron chi connectivity index (χ3n) is 2.07. The average Bonchev–Trinajstić information content (AvgIpc) is 2.27. The van der Waals surface area contributed by atoms with E-state index in [0.717, 1.165) is 0 Å². The Balaban J connectivity index is 2.93. The van der Waals surface area contributed by atoms with Crippen molar-refractivity contribution in [2.75, 3.05) is 0 Å². The maximum Gasteiger partial charge on any atom is 0.306 e. The van der Waals surface area contributed by atoms with Crippen molar-refractivity contribution in [3.8, 4) is 6.07 Å². The van der Waals surface area contributed by atoms with Crippen LogP contribution < -0.4 is 0 Å². The van der Waals surface area contributed by atoms with Gasteiger partial charge in [0.15, 0.2) is 0 Å². The van der Waals surface area contributed by atoms with E-state index in [9.17, 15) is 15.0 Å². The molecule has 6 nitrogen and oxygen atoms in total. The van der Waals surface area contributed by atoms with Crippen LogP contribution in [0, 0.1) is 11.3 Å². The zero-order valence-corrected chi connectivity index (χ0v) is 9.29. The van der Waals surface area contributed by atoms with Gasteiger partial charge in [-0.1, -0.05) is 11.6 Å². The number of carbonyl (C=O) groups is 1. The zero-order chi connectivity index (χ0) is 13.0. The lowest BCUT2D eigenvalue weighted by Crippen LogP contribution is -2.22. The van der Waals surface area contributed by atoms with Crippen LogP contribution >= 0.6 is 11.6 Å². The van der Waals surface area contributed by atoms with Crippen LogP contribution in [0.4, 0.5) is 0 Å². The van der Waals surface area contributed by atoms with E-state index in [1.165, 1.54) is 12.3 Å². The van der Waals surface area contributed by atoms with Gasteiger partial charge in [0.05, 0.1) is 18.1 Å². The summed E-state index contributed by atoms with van der Waals surface area (Å²) in [5.74, 6) is -1.24. The largest absolute Gasteiger partial charge is 0.481 e. The first-order valence-corrected chi connectivity index (χ1v) is 4.97. The summed E-state index contributed by atoms with van der Waals surface area (Å²) in [5.41, 5.74) is 0.186. The monoisotopic (exact) mass is 256 g/mol. The van der Waals surface area contributed by atoms with Crippen molar-refractivity contribution in [2.45, 2.75) is 18.6 Å². The Kier molecular flexibility index (Phi) is 4.40. The van der Waals surface area contributed by atoms with Crippen LogP contribution in [0.5, 0.6) is 0 Å². The van der Waals surface area contributed by atoms with Crippen LogP contribution in [-0.4, -0.2) is 32.4 Å². The predicted octanol–water partition coefficient (Wildman–Crippen LogP) is 0.476. The maximum absolute atomic E-state index is 10.4. The summed E-state index contributed by atoms with van der Waals surface area (Å²) in [7, 11) is 0. The Bertz CT molecular complexity index is 472. The molecule has 2 unspecified atom stereocenters. The van der Waals surface area contributed by atoms with E-state index in [4.69, 9.17) is 22.0 Å². The molecule has 1 heterocycles. The number of aromatic nitrogens is 1. The van der Waals surface area contributed by atoms with E-state index in [0.29, 0.717) is 0 Å². The Hall–Kier alpha value is -1.68. The number of pyridine rings is 1. The van der Waals surface area contributed by atoms with Crippen molar-refractivity contribution in [3.05, 3.63) is 28.5 Å². The summed E-state index contributed by atoms with van der Waals surface area (Å²) in [5, 5.41) is 36.2. The lowest BCUT2D eigenvalue weighted by Gasteiger charge is -2.16. The molecule has 0 aromatic carbocycles. The number of aliphatic hydroxyl groups excluding tert-OH is 2. The number of carboxylic acid groups (broad SMARTS) is 1. The second-order valence-electron chi connectivity index (χ2n) is 3.33. The van der Waals surface area contributed by atoms with Gasteiger partial charge in [-0.15, -0.1) is 0 Å². The van der Waals surface area contributed by atoms with Gasteiger partial charge in [0.25, 0.3) is 0 Å². The van der Waals surface area contributed by atoms with Crippen molar-refractivity contribution in [2.24, 2.45) is 0 Å². The number of hydrogen-bond donors (Lipinski definition) is 3. The molecule has 0 fully saturated rings. The molecule has 0 radical (unpaired) electrons. The Morgan fingerprint density at radius 2 is 2.24 bits per heavy atom. The average molecular weight is 257 g/mol. The van der Waals surface area contributed by atoms with Crippen molar-refractivity contribution in [1.82, 2.24) is 4.98 Å². The Labute approximate surface area is 102 Å². The molecular weight excluding hydrogens is 248 g/mol. The highest BCUT2D eigenvalue weighted by Gasteiger charge is 2.22. The minimum atomic E-state index is -1.47. The van der Waals surface area contributed by atoms with Crippen LogP contribution in [0.15, 0.2) is 12.3 Å². The first-order valence-electron chi connectivity index (χ1n) is 4.59. The van der Waals surface area contributed by atoms with Gasteiger partial charge in [0.1, 0.15) is 17.3 Å². The van der Waals surface area contributed by atoms with Gasteiger partial charge in [-0.25, -0.2) is 4.98 Å². The highest BCUT2D eigenvalue weighted by molar-refractivity contribution is 6.30. The lowest BCUT2D eigenvalue weighted by atomic mass is 10.0. The van der Waals surface area contributed by atoms with E-state index in [2.05, 4.69) is 4.98 Å². The molecule has 0 amide bonds. The number of halogens is 1. The molecule has 90 valence electrons. The summed E-state index contributed by atoms with van der Waals surface area (Å²) in [6.07, 6.45) is -2.32. The van der Waals surface area contributed by atoms with Gasteiger partial charge in [0.2, 0.25) is 0 Å². The minimum absolute atomic E-state index is 0.0174. The quantitative estimate of drug-likeness (QED) is 0.675. The number of carboxylic acids is 1. The summed E-state index contributed by atoms with van der Waals surface area (Å²) in [4.78, 5) is 14.0. The van der Waals surface area contributed by atoms with Gasteiger partial charge < -0.3 is 15.3 Å². The van der Waals surface area contributed by atoms with Crippen molar-refractivity contribution in [1.29, 1.82) is 5.26 Å². The molecule has 1 rings (SSSR count). The summed E-state index contributed by atoms with van der Waals surface area (Å²) >= 11 is 5.59. The van der Waals surface area contributed by atoms with Crippen molar-refractivity contribution in [3.63, 3.8) is 0 Å². The van der Waals surface area contributed by atoms with E-state index >= 15 is 0 Å². The summed E-state index contributed by atoms with van der Waals surface area (Å²) in [6.45, 7) is 0. The fourth-order valence-corrected chi connectivity index (χ4v) is 1.36. The first-order chi connectivity index (χ1) is 7.95. The first kappa shape index (κ1) is 13.4. The van der Waals surface area contributed by atoms with Gasteiger partial charge in [-0.05, 0) is 6.07 Å². The molecule has 1 aromatic rings. The number of aliphatic hydroxyl groups is 2. The normalized spacial score (nSPS) is 13.8. The fraction of sp³-hybridized carbons (Fsp3) is 0.300. The topological polar surface area (TPSA) is 114 Å². The molecule has 3 N–H and O–H groups in total. The number of nitriles is 1. The molecule has 0 saturated heterocycles. The standard InChI is InChI=1S/C10H9ClN2O4/c11-10-5(3-12)1-6(4-13-10)9(17)7(14)2-8(15)16/h1,4,7,9,14,17H,2H2,(H,15,16). The smallest absolute Gasteiger partial charge is 0.306 e. The Morgan fingerprint density at radius 1 is 1.59 bits per heavy atom. The van der Waals surface area contributed by atoms with Gasteiger partial charge in [-0.2, -0.15) is 5.26 Å². The molecule has 2 atom stereocenters. The van der Waals surface area contributed by atoms with Crippen LogP contribution in [0.1, 0.15) is 23.7 Å². The molecule has 17 heavy (non-hydrogen) atoms. The second-order valence-corrected chi connectivity index (χ2v) is 3.69. The molecule has 0 aliphatic heterocycles. The number of hydrogen-bond acceptors (Lipinski definition) is 5. The van der Waals surface area contributed by atoms with Crippen LogP contribution in [0.2, 0.25) is 5.15 Å². The molecular formula is C10H9ClN2O4. The Morgan fingerprint density at radius 3 is 2.76 bits per heavy atom. The molecule has 0 saturated carbocycles. The van der Waals surface area contributed by atoms with Crippen LogP contribution in [0.3, 0.4) is 0 Å². The molecule has 0 aliphatic rings. The lowest BCUT2D eigenvalue weighted by molar-refractivity contribution is -0.141. The summed E-state index contributed by atoms with van der Waals surface area (Å²) < 4.78 is 0. The van der Waals surface area contributed by atoms with Crippen LogP contribution in [0.25, 0.3) is 0 Å². The van der Waals surface area contributed by atoms with E-state index in [-0.39, 0.29) is 16.3 Å². The maximum atomic E-state index is 10.4. The van der Waals surface area contributed by atoms with Gasteiger partial charge in [-0.3, -0.25) is 4.79 Å². The molecule has 0 aliphatic carbocycles. The molecule has 7 heteroatoms. The molecule has 0 spiro atoms. The number of aliphatic carboxylic acids is 1. The highest BCUT2D eigenvalue weighted by atomic mass is 35.5. The zero-order valence-electron chi connectivity index (χ0n) is 8.54. The second kappa shape index (κ2) is 5.59. The van der Waals surface area contributed by atoms with E-state index < -0.39 is 24.6 Å². The van der Waals surface area contributed by atoms with E-state index in [1.807, 2.05) is 0 Å². The van der Waals surface area contributed by atoms with Crippen molar-refractivity contribution < 1.29 is 20.1 Å². The number of nitrogens with zero attached hydrogens (tertiary/aromatic N) is 2. The van der Waals surface area contributed by atoms with Gasteiger partial charge in [0, 0.05) is 11.8 Å². The third kappa shape index (κ3) is 3.39. The number of rotatable bonds is 4. The fourth-order valence-electron chi connectivity index (χ4n) is 1.22. The predicted molar refractivity (Wildman–Crippen MR) is 57.2 cm³/mol. The third-order valence-corrected chi connectivity index (χ3v) is 2.37. The van der Waals surface area contributed by atoms with E-state index in [1.54, 1.807) is 6.07 Å². The molecule has 1 aromatic heterocycles. The van der Waals surface area contributed by atoms with Crippen molar-refractivity contribution >= 4 is 17.6 Å². The SMILES string of the molecule is N#Cc1cc(C(O)C(O)CC(=O)O)cnc1Cl. The highest BCUT2D eigenvalue weighted by Crippen LogP contribution is 2.22. The summed E-state index contributed by atoms with van der Waals surface area (Å²) in [6, 6.07) is 3.02. The van der Waals surface area contributed by atoms with Crippen LogP contribution in [-0.2, 0) is 4.79 Å². The molecule has 0 bridgehead atoms.